The van der Waals surface area contributed by atoms with Crippen LogP contribution in [-0.2, 0) is 11.3 Å². The summed E-state index contributed by atoms with van der Waals surface area (Å²) < 4.78 is 7.61. The number of amides is 1. The summed E-state index contributed by atoms with van der Waals surface area (Å²) in [5.41, 5.74) is 4.44. The van der Waals surface area contributed by atoms with Crippen molar-refractivity contribution >= 4 is 46.0 Å². The number of nitro groups is 1. The summed E-state index contributed by atoms with van der Waals surface area (Å²) in [5.74, 6) is -0.00562. The van der Waals surface area contributed by atoms with Crippen molar-refractivity contribution in [1.82, 2.24) is 14.7 Å². The van der Waals surface area contributed by atoms with Crippen LogP contribution in [-0.4, -0.2) is 36.4 Å². The highest BCUT2D eigenvalue weighted by Gasteiger charge is 2.32. The minimum Gasteiger partial charge on any atom is -0.487 e. The number of hydrogen-bond donors (Lipinski definition) is 0. The second kappa shape index (κ2) is 11.2. The van der Waals surface area contributed by atoms with E-state index in [1.54, 1.807) is 40.9 Å². The predicted molar refractivity (Wildman–Crippen MR) is 157 cm³/mol. The van der Waals surface area contributed by atoms with E-state index < -0.39 is 4.92 Å². The zero-order valence-corrected chi connectivity index (χ0v) is 22.9. The van der Waals surface area contributed by atoms with E-state index in [1.807, 2.05) is 61.5 Å². The number of carbonyl (C=O) groups excluding carboxylic acids is 1. The molecule has 4 aromatic rings. The van der Waals surface area contributed by atoms with Crippen LogP contribution in [0.4, 0.5) is 5.69 Å². The normalized spacial score (nSPS) is 14.3. The van der Waals surface area contributed by atoms with Gasteiger partial charge in [0.25, 0.3) is 5.91 Å². The molecule has 39 heavy (non-hydrogen) atoms. The third-order valence-electron chi connectivity index (χ3n) is 6.11. The molecule has 1 fully saturated rings. The summed E-state index contributed by atoms with van der Waals surface area (Å²) in [4.78, 5) is 26.7. The van der Waals surface area contributed by atoms with Gasteiger partial charge in [0, 0.05) is 23.4 Å². The summed E-state index contributed by atoms with van der Waals surface area (Å²) in [6.07, 6.45) is 3.55. The Labute approximate surface area is 235 Å². The van der Waals surface area contributed by atoms with E-state index in [-0.39, 0.29) is 17.3 Å². The predicted octanol–water partition coefficient (Wildman–Crippen LogP) is 6.56. The molecule has 1 amide bonds. The van der Waals surface area contributed by atoms with Crippen molar-refractivity contribution < 1.29 is 14.5 Å². The Morgan fingerprint density at radius 3 is 2.54 bits per heavy atom. The van der Waals surface area contributed by atoms with Crippen LogP contribution in [0.3, 0.4) is 0 Å². The lowest BCUT2D eigenvalue weighted by atomic mass is 10.1. The first-order valence-electron chi connectivity index (χ1n) is 12.2. The molecule has 0 saturated carbocycles. The van der Waals surface area contributed by atoms with Gasteiger partial charge in [-0.05, 0) is 49.8 Å². The number of carbonyl (C=O) groups is 1. The van der Waals surface area contributed by atoms with Gasteiger partial charge in [0.15, 0.2) is 5.75 Å². The minimum absolute atomic E-state index is 0.154. The van der Waals surface area contributed by atoms with Gasteiger partial charge in [-0.25, -0.2) is 4.68 Å². The lowest BCUT2D eigenvalue weighted by molar-refractivity contribution is -0.385. The molecule has 0 atom stereocenters. The van der Waals surface area contributed by atoms with Crippen LogP contribution in [0.15, 0.2) is 83.9 Å². The van der Waals surface area contributed by atoms with E-state index in [4.69, 9.17) is 22.1 Å². The number of nitro benzene ring substituents is 1. The Kier molecular flexibility index (Phi) is 7.58. The van der Waals surface area contributed by atoms with Gasteiger partial charge in [-0.2, -0.15) is 5.10 Å². The molecule has 0 radical (unpaired) electrons. The van der Waals surface area contributed by atoms with E-state index in [0.717, 1.165) is 16.8 Å². The van der Waals surface area contributed by atoms with Crippen LogP contribution in [0.1, 0.15) is 23.6 Å². The highest BCUT2D eigenvalue weighted by molar-refractivity contribution is 8.26. The van der Waals surface area contributed by atoms with Crippen molar-refractivity contribution in [3.05, 3.63) is 111 Å². The Bertz CT molecular complexity index is 1600. The van der Waals surface area contributed by atoms with Crippen LogP contribution in [0.5, 0.6) is 5.75 Å². The van der Waals surface area contributed by atoms with Gasteiger partial charge in [-0.15, -0.1) is 0 Å². The van der Waals surface area contributed by atoms with E-state index in [2.05, 4.69) is 0 Å². The van der Waals surface area contributed by atoms with Crippen molar-refractivity contribution in [3.63, 3.8) is 0 Å². The zero-order chi connectivity index (χ0) is 27.5. The van der Waals surface area contributed by atoms with Crippen molar-refractivity contribution in [2.24, 2.45) is 0 Å². The molecule has 5 rings (SSSR count). The number of hydrogen-bond acceptors (Lipinski definition) is 7. The molecular weight excluding hydrogens is 532 g/mol. The second-order valence-corrected chi connectivity index (χ2v) is 10.5. The number of ether oxygens (including phenoxy) is 1. The lowest BCUT2D eigenvalue weighted by Crippen LogP contribution is -2.27. The van der Waals surface area contributed by atoms with Crippen molar-refractivity contribution in [3.8, 4) is 22.7 Å². The molecule has 0 spiro atoms. The fourth-order valence-electron chi connectivity index (χ4n) is 4.17. The molecule has 0 aliphatic carbocycles. The van der Waals surface area contributed by atoms with E-state index in [0.29, 0.717) is 39.2 Å². The average molecular weight is 557 g/mol. The van der Waals surface area contributed by atoms with Gasteiger partial charge < -0.3 is 4.74 Å². The summed E-state index contributed by atoms with van der Waals surface area (Å²) in [6.45, 7) is 4.46. The van der Waals surface area contributed by atoms with Gasteiger partial charge in [0.2, 0.25) is 0 Å². The summed E-state index contributed by atoms with van der Waals surface area (Å²) in [6, 6.07) is 22.2. The molecule has 3 aromatic carbocycles. The fourth-order valence-corrected chi connectivity index (χ4v) is 5.41. The largest absolute Gasteiger partial charge is 0.487 e. The number of thiocarbonyl (C=S) groups is 1. The van der Waals surface area contributed by atoms with Gasteiger partial charge in [-0.3, -0.25) is 19.8 Å². The number of benzene rings is 3. The Morgan fingerprint density at radius 2 is 1.85 bits per heavy atom. The van der Waals surface area contributed by atoms with Crippen LogP contribution in [0, 0.1) is 17.0 Å². The molecule has 1 aliphatic heterocycles. The van der Waals surface area contributed by atoms with Crippen LogP contribution < -0.4 is 4.74 Å². The minimum atomic E-state index is -0.474. The Balaban J connectivity index is 1.55. The first kappa shape index (κ1) is 26.3. The van der Waals surface area contributed by atoms with Crippen LogP contribution in [0.25, 0.3) is 23.0 Å². The number of thioether (sulfide) groups is 1. The van der Waals surface area contributed by atoms with E-state index >= 15 is 0 Å². The molecule has 0 bridgehead atoms. The molecule has 196 valence electrons. The topological polar surface area (TPSA) is 90.5 Å². The highest BCUT2D eigenvalue weighted by atomic mass is 32.2. The number of aromatic nitrogens is 2. The van der Waals surface area contributed by atoms with Gasteiger partial charge in [0.05, 0.1) is 28.7 Å². The van der Waals surface area contributed by atoms with Crippen LogP contribution in [0.2, 0.25) is 0 Å². The first-order valence-corrected chi connectivity index (χ1v) is 13.4. The molecule has 0 N–H and O–H groups in total. The maximum absolute atomic E-state index is 13.4. The molecule has 2 heterocycles. The number of aryl methyl sites for hydroxylation is 1. The summed E-state index contributed by atoms with van der Waals surface area (Å²) in [7, 11) is 0. The number of nitrogens with zero attached hydrogens (tertiary/aromatic N) is 4. The van der Waals surface area contributed by atoms with E-state index in [9.17, 15) is 14.9 Å². The maximum Gasteiger partial charge on any atom is 0.311 e. The summed E-state index contributed by atoms with van der Waals surface area (Å²) >= 11 is 6.78. The highest BCUT2D eigenvalue weighted by Crippen LogP contribution is 2.37. The molecule has 1 aliphatic rings. The summed E-state index contributed by atoms with van der Waals surface area (Å²) in [5, 5.41) is 16.5. The van der Waals surface area contributed by atoms with Gasteiger partial charge in [0.1, 0.15) is 10.0 Å². The number of para-hydroxylation sites is 1. The van der Waals surface area contributed by atoms with Crippen molar-refractivity contribution in [2.45, 2.75) is 20.4 Å². The SMILES string of the molecule is CCOc1ccc(-c2nn(-c3ccccc3)cc2C=C2SC(=S)N(Cc3ccc(C)cc3)C2=O)cc1[N+](=O)[O-]. The van der Waals surface area contributed by atoms with Crippen molar-refractivity contribution in [2.75, 3.05) is 6.61 Å². The van der Waals surface area contributed by atoms with Crippen molar-refractivity contribution in [1.29, 1.82) is 0 Å². The third kappa shape index (κ3) is 5.62. The van der Waals surface area contributed by atoms with Gasteiger partial charge >= 0.3 is 5.69 Å². The number of rotatable bonds is 8. The van der Waals surface area contributed by atoms with Gasteiger partial charge in [-0.1, -0.05) is 72.0 Å². The standard InChI is InChI=1S/C29H24N4O4S2/c1-3-37-25-14-13-21(15-24(25)33(35)36)27-22(18-32(30-27)23-7-5-4-6-8-23)16-26-28(34)31(29(38)39-26)17-20-11-9-19(2)10-12-20/h4-16,18H,3,17H2,1-2H3. The monoisotopic (exact) mass is 556 g/mol. The molecule has 8 nitrogen and oxygen atoms in total. The molecule has 1 saturated heterocycles. The van der Waals surface area contributed by atoms with E-state index in [1.165, 1.54) is 17.8 Å². The third-order valence-corrected chi connectivity index (χ3v) is 7.49. The zero-order valence-electron chi connectivity index (χ0n) is 21.2. The smallest absolute Gasteiger partial charge is 0.311 e. The molecule has 0 unspecified atom stereocenters. The lowest BCUT2D eigenvalue weighted by Gasteiger charge is -2.14. The quantitative estimate of drug-likeness (QED) is 0.105. The second-order valence-electron chi connectivity index (χ2n) is 8.84. The maximum atomic E-state index is 13.4. The fraction of sp³-hybridized carbons (Fsp3) is 0.138. The molecule has 1 aromatic heterocycles. The Hall–Kier alpha value is -4.28. The Morgan fingerprint density at radius 1 is 1.10 bits per heavy atom. The molecular formula is C29H24N4O4S2. The first-order chi connectivity index (χ1) is 18.8. The molecule has 10 heteroatoms. The van der Waals surface area contributed by atoms with Crippen LogP contribution >= 0.6 is 24.0 Å². The average Bonchev–Trinajstić information content (AvgIpc) is 3.47.